The Balaban J connectivity index is 2.56. The number of pyridine rings is 1. The second kappa shape index (κ2) is 7.02. The Morgan fingerprint density at radius 1 is 1.44 bits per heavy atom. The van der Waals surface area contributed by atoms with Crippen molar-refractivity contribution < 1.29 is 0 Å². The number of hydrogen-bond acceptors (Lipinski definition) is 2. The van der Waals surface area contributed by atoms with E-state index in [-0.39, 0.29) is 0 Å². The van der Waals surface area contributed by atoms with Crippen LogP contribution >= 0.6 is 15.9 Å². The van der Waals surface area contributed by atoms with Crippen molar-refractivity contribution in [3.63, 3.8) is 0 Å². The predicted molar refractivity (Wildman–Crippen MR) is 72.6 cm³/mol. The van der Waals surface area contributed by atoms with Gasteiger partial charge in [0.05, 0.1) is 0 Å². The molecule has 1 aromatic rings. The molecular weight excluding hydrogens is 264 g/mol. The van der Waals surface area contributed by atoms with E-state index in [9.17, 15) is 0 Å². The van der Waals surface area contributed by atoms with Gasteiger partial charge in [-0.05, 0) is 53.4 Å². The maximum Gasteiger partial charge on any atom is 0.0410 e. The van der Waals surface area contributed by atoms with Crippen LogP contribution in [0, 0.1) is 5.92 Å². The highest BCUT2D eigenvalue weighted by Gasteiger charge is 2.11. The fourth-order valence-corrected chi connectivity index (χ4v) is 2.22. The summed E-state index contributed by atoms with van der Waals surface area (Å²) in [6, 6.07) is 2.69. The Morgan fingerprint density at radius 3 is 2.75 bits per heavy atom. The molecule has 0 aliphatic rings. The van der Waals surface area contributed by atoms with Crippen molar-refractivity contribution in [2.45, 2.75) is 39.2 Å². The van der Waals surface area contributed by atoms with Crippen molar-refractivity contribution in [1.82, 2.24) is 10.3 Å². The molecule has 2 atom stereocenters. The normalized spacial score (nSPS) is 14.8. The molecule has 0 radical (unpaired) electrons. The Hall–Kier alpha value is -0.410. The summed E-state index contributed by atoms with van der Waals surface area (Å²) in [5.74, 6) is 0.776. The average Bonchev–Trinajstić information content (AvgIpc) is 2.28. The van der Waals surface area contributed by atoms with Crippen LogP contribution < -0.4 is 5.32 Å². The van der Waals surface area contributed by atoms with Gasteiger partial charge >= 0.3 is 0 Å². The van der Waals surface area contributed by atoms with E-state index in [0.29, 0.717) is 6.04 Å². The summed E-state index contributed by atoms with van der Waals surface area (Å²) < 4.78 is 1.06. The number of aromatic nitrogens is 1. The summed E-state index contributed by atoms with van der Waals surface area (Å²) in [7, 11) is 2.04. The first-order chi connectivity index (χ1) is 7.65. The molecule has 0 bridgehead atoms. The smallest absolute Gasteiger partial charge is 0.0410 e. The summed E-state index contributed by atoms with van der Waals surface area (Å²) in [4.78, 5) is 4.20. The van der Waals surface area contributed by atoms with Crippen LogP contribution in [0.1, 0.15) is 32.3 Å². The van der Waals surface area contributed by atoms with Gasteiger partial charge in [-0.2, -0.15) is 0 Å². The summed E-state index contributed by atoms with van der Waals surface area (Å²) >= 11 is 3.46. The van der Waals surface area contributed by atoms with Crippen molar-refractivity contribution >= 4 is 15.9 Å². The summed E-state index contributed by atoms with van der Waals surface area (Å²) in [6.07, 6.45) is 7.29. The van der Waals surface area contributed by atoms with Gasteiger partial charge in [0.25, 0.3) is 0 Å². The zero-order chi connectivity index (χ0) is 12.0. The van der Waals surface area contributed by atoms with E-state index >= 15 is 0 Å². The van der Waals surface area contributed by atoms with E-state index in [4.69, 9.17) is 0 Å². The van der Waals surface area contributed by atoms with Crippen LogP contribution in [0.2, 0.25) is 0 Å². The van der Waals surface area contributed by atoms with Crippen molar-refractivity contribution in [2.75, 3.05) is 7.05 Å². The first-order valence-corrected chi connectivity index (χ1v) is 6.71. The van der Waals surface area contributed by atoms with Gasteiger partial charge in [-0.1, -0.05) is 20.3 Å². The Kier molecular flexibility index (Phi) is 5.99. The fraction of sp³-hybridized carbons (Fsp3) is 0.615. The summed E-state index contributed by atoms with van der Waals surface area (Å²) in [5, 5.41) is 3.39. The zero-order valence-electron chi connectivity index (χ0n) is 10.3. The molecule has 0 aliphatic carbocycles. The second-order valence-electron chi connectivity index (χ2n) is 4.45. The maximum atomic E-state index is 4.20. The van der Waals surface area contributed by atoms with Crippen molar-refractivity contribution in [3.05, 3.63) is 28.5 Å². The first kappa shape index (κ1) is 13.7. The third kappa shape index (κ3) is 4.62. The van der Waals surface area contributed by atoms with Crippen LogP contribution in [-0.4, -0.2) is 18.1 Å². The lowest BCUT2D eigenvalue weighted by molar-refractivity contribution is 0.410. The molecule has 16 heavy (non-hydrogen) atoms. The Labute approximate surface area is 107 Å². The van der Waals surface area contributed by atoms with Gasteiger partial charge in [-0.3, -0.25) is 4.98 Å². The molecule has 1 rings (SSSR count). The topological polar surface area (TPSA) is 24.9 Å². The number of likely N-dealkylation sites (N-methyl/N-ethyl adjacent to an activating group) is 1. The molecule has 90 valence electrons. The molecule has 2 unspecified atom stereocenters. The van der Waals surface area contributed by atoms with Gasteiger partial charge in [-0.25, -0.2) is 0 Å². The first-order valence-electron chi connectivity index (χ1n) is 5.92. The highest BCUT2D eigenvalue weighted by atomic mass is 79.9. The van der Waals surface area contributed by atoms with E-state index in [2.05, 4.69) is 46.1 Å². The van der Waals surface area contributed by atoms with Crippen LogP contribution in [0.15, 0.2) is 22.9 Å². The molecule has 0 aliphatic heterocycles. The summed E-state index contributed by atoms with van der Waals surface area (Å²) in [6.45, 7) is 4.56. The lowest BCUT2D eigenvalue weighted by Gasteiger charge is -2.19. The standard InChI is InChI=1S/C13H21BrN2/c1-4-10(2)5-13(15-3)7-11-6-12(14)9-16-8-11/h6,8-10,13,15H,4-5,7H2,1-3H3. The number of nitrogens with zero attached hydrogens (tertiary/aromatic N) is 1. The molecule has 1 heterocycles. The molecule has 0 saturated carbocycles. The van der Waals surface area contributed by atoms with Gasteiger partial charge in [0, 0.05) is 22.9 Å². The van der Waals surface area contributed by atoms with Crippen LogP contribution in [0.4, 0.5) is 0 Å². The van der Waals surface area contributed by atoms with E-state index in [1.807, 2.05) is 19.4 Å². The Morgan fingerprint density at radius 2 is 2.19 bits per heavy atom. The minimum absolute atomic E-state index is 0.547. The molecule has 0 saturated heterocycles. The minimum atomic E-state index is 0.547. The SMILES string of the molecule is CCC(C)CC(Cc1cncc(Br)c1)NC. The molecular formula is C13H21BrN2. The number of halogens is 1. The van der Waals surface area contributed by atoms with Crippen molar-refractivity contribution in [1.29, 1.82) is 0 Å². The van der Waals surface area contributed by atoms with Gasteiger partial charge in [0.15, 0.2) is 0 Å². The van der Waals surface area contributed by atoms with E-state index in [1.165, 1.54) is 18.4 Å². The molecule has 3 heteroatoms. The molecule has 0 fully saturated rings. The second-order valence-corrected chi connectivity index (χ2v) is 5.37. The number of hydrogen-bond donors (Lipinski definition) is 1. The number of rotatable bonds is 6. The van der Waals surface area contributed by atoms with E-state index in [1.54, 1.807) is 0 Å². The molecule has 1 N–H and O–H groups in total. The minimum Gasteiger partial charge on any atom is -0.317 e. The van der Waals surface area contributed by atoms with Crippen LogP contribution in [0.3, 0.4) is 0 Å². The highest BCUT2D eigenvalue weighted by molar-refractivity contribution is 9.10. The van der Waals surface area contributed by atoms with Gasteiger partial charge in [0.2, 0.25) is 0 Å². The quantitative estimate of drug-likeness (QED) is 0.866. The molecule has 1 aromatic heterocycles. The predicted octanol–water partition coefficient (Wildman–Crippen LogP) is 3.41. The fourth-order valence-electron chi connectivity index (χ4n) is 1.81. The monoisotopic (exact) mass is 284 g/mol. The van der Waals surface area contributed by atoms with Gasteiger partial charge in [-0.15, -0.1) is 0 Å². The van der Waals surface area contributed by atoms with E-state index in [0.717, 1.165) is 16.8 Å². The molecule has 0 amide bonds. The Bertz CT molecular complexity index is 315. The average molecular weight is 285 g/mol. The lowest BCUT2D eigenvalue weighted by Crippen LogP contribution is -2.29. The maximum absolute atomic E-state index is 4.20. The van der Waals surface area contributed by atoms with Gasteiger partial charge < -0.3 is 5.32 Å². The highest BCUT2D eigenvalue weighted by Crippen LogP contribution is 2.15. The third-order valence-corrected chi connectivity index (χ3v) is 3.47. The number of nitrogens with one attached hydrogen (secondary N) is 1. The lowest BCUT2D eigenvalue weighted by atomic mass is 9.95. The van der Waals surface area contributed by atoms with Crippen LogP contribution in [0.5, 0.6) is 0 Å². The van der Waals surface area contributed by atoms with Crippen molar-refractivity contribution in [2.24, 2.45) is 5.92 Å². The van der Waals surface area contributed by atoms with Gasteiger partial charge in [0.1, 0.15) is 0 Å². The van der Waals surface area contributed by atoms with Crippen LogP contribution in [0.25, 0.3) is 0 Å². The van der Waals surface area contributed by atoms with E-state index < -0.39 is 0 Å². The zero-order valence-corrected chi connectivity index (χ0v) is 11.9. The van der Waals surface area contributed by atoms with Crippen LogP contribution in [-0.2, 0) is 6.42 Å². The molecule has 2 nitrogen and oxygen atoms in total. The third-order valence-electron chi connectivity index (χ3n) is 3.04. The molecule has 0 spiro atoms. The summed E-state index contributed by atoms with van der Waals surface area (Å²) in [5.41, 5.74) is 1.29. The largest absolute Gasteiger partial charge is 0.317 e. The molecule has 0 aromatic carbocycles. The van der Waals surface area contributed by atoms with Crippen molar-refractivity contribution in [3.8, 4) is 0 Å².